The van der Waals surface area contributed by atoms with Gasteiger partial charge in [0.1, 0.15) is 0 Å². The van der Waals surface area contributed by atoms with Gasteiger partial charge in [0.05, 0.1) is 23.5 Å². The summed E-state index contributed by atoms with van der Waals surface area (Å²) in [7, 11) is -1.94. The van der Waals surface area contributed by atoms with Crippen LogP contribution in [0.3, 0.4) is 0 Å². The molecule has 29 heavy (non-hydrogen) atoms. The molecule has 1 aromatic rings. The van der Waals surface area contributed by atoms with Crippen molar-refractivity contribution in [1.82, 2.24) is 14.9 Å². The minimum atomic E-state index is -3.34. The average Bonchev–Trinajstić information content (AvgIpc) is 3.34. The Morgan fingerprint density at radius 2 is 1.83 bits per heavy atom. The van der Waals surface area contributed by atoms with E-state index in [1.165, 1.54) is 7.05 Å². The van der Waals surface area contributed by atoms with Crippen LogP contribution in [0.5, 0.6) is 0 Å². The number of hydrogen-bond donors (Lipinski definition) is 3. The molecule has 3 N–H and O–H groups in total. The molecular weight excluding hydrogens is 392 g/mol. The van der Waals surface area contributed by atoms with Gasteiger partial charge in [-0.05, 0) is 51.4 Å². The number of sulfonamides is 1. The smallest absolute Gasteiger partial charge is 0.253 e. The predicted molar refractivity (Wildman–Crippen MR) is 112 cm³/mol. The van der Waals surface area contributed by atoms with Crippen LogP contribution in [0.15, 0.2) is 24.3 Å². The zero-order valence-corrected chi connectivity index (χ0v) is 17.6. The van der Waals surface area contributed by atoms with E-state index in [1.54, 1.807) is 24.3 Å². The van der Waals surface area contributed by atoms with Crippen LogP contribution in [-0.2, 0) is 14.8 Å². The highest BCUT2D eigenvalue weighted by Gasteiger charge is 2.30. The van der Waals surface area contributed by atoms with Crippen molar-refractivity contribution >= 4 is 27.5 Å². The maximum atomic E-state index is 12.6. The third kappa shape index (κ3) is 6.01. The van der Waals surface area contributed by atoms with E-state index >= 15 is 0 Å². The Morgan fingerprint density at radius 1 is 1.10 bits per heavy atom. The van der Waals surface area contributed by atoms with Gasteiger partial charge in [0.25, 0.3) is 5.91 Å². The van der Waals surface area contributed by atoms with Gasteiger partial charge in [0.2, 0.25) is 15.9 Å². The summed E-state index contributed by atoms with van der Waals surface area (Å²) in [4.78, 5) is 27.2. The second-order valence-electron chi connectivity index (χ2n) is 7.80. The van der Waals surface area contributed by atoms with Gasteiger partial charge in [0, 0.05) is 12.1 Å². The van der Waals surface area contributed by atoms with Gasteiger partial charge in [0.15, 0.2) is 0 Å². The summed E-state index contributed by atoms with van der Waals surface area (Å²) < 4.78 is 26.0. The Kier molecular flexibility index (Phi) is 7.26. The maximum Gasteiger partial charge on any atom is 0.253 e. The molecule has 160 valence electrons. The molecule has 0 spiro atoms. The van der Waals surface area contributed by atoms with Crippen LogP contribution in [0.1, 0.15) is 48.9 Å². The van der Waals surface area contributed by atoms with Gasteiger partial charge in [-0.15, -0.1) is 0 Å². The van der Waals surface area contributed by atoms with Crippen molar-refractivity contribution in [3.05, 3.63) is 29.8 Å². The van der Waals surface area contributed by atoms with Crippen LogP contribution in [-0.4, -0.2) is 63.1 Å². The van der Waals surface area contributed by atoms with Gasteiger partial charge in [-0.25, -0.2) is 13.1 Å². The van der Waals surface area contributed by atoms with Crippen LogP contribution in [0.2, 0.25) is 0 Å². The van der Waals surface area contributed by atoms with Crippen molar-refractivity contribution in [3.63, 3.8) is 0 Å². The van der Waals surface area contributed by atoms with Gasteiger partial charge in [-0.1, -0.05) is 25.0 Å². The number of amides is 2. The first-order valence-corrected chi connectivity index (χ1v) is 11.9. The monoisotopic (exact) mass is 422 g/mol. The lowest BCUT2D eigenvalue weighted by atomic mass is 10.1. The number of nitrogens with one attached hydrogen (secondary N) is 3. The van der Waals surface area contributed by atoms with Crippen LogP contribution < -0.4 is 15.4 Å². The van der Waals surface area contributed by atoms with Gasteiger partial charge in [-0.2, -0.15) is 0 Å². The second kappa shape index (κ2) is 9.69. The van der Waals surface area contributed by atoms with Gasteiger partial charge >= 0.3 is 0 Å². The topological polar surface area (TPSA) is 108 Å². The molecule has 9 heteroatoms. The summed E-state index contributed by atoms with van der Waals surface area (Å²) in [5.41, 5.74) is 0.926. The maximum absolute atomic E-state index is 12.6. The molecule has 1 atom stereocenters. The molecule has 2 aliphatic rings. The SMILES string of the molecule is CNS(=O)(=O)C[C@H]1CCCN1CC(=O)Nc1ccccc1C(=O)NC1CCCC1. The van der Waals surface area contributed by atoms with Gasteiger partial charge < -0.3 is 10.6 Å². The highest BCUT2D eigenvalue weighted by Crippen LogP contribution is 2.21. The average molecular weight is 423 g/mol. The fraction of sp³-hybridized carbons (Fsp3) is 0.600. The lowest BCUT2D eigenvalue weighted by Crippen LogP contribution is -2.42. The molecule has 1 aliphatic carbocycles. The predicted octanol–water partition coefficient (Wildman–Crippen LogP) is 1.31. The quantitative estimate of drug-likeness (QED) is 0.586. The summed E-state index contributed by atoms with van der Waals surface area (Å²) in [6.07, 6.45) is 5.84. The molecule has 1 aromatic carbocycles. The molecule has 1 saturated carbocycles. The molecule has 1 saturated heterocycles. The minimum Gasteiger partial charge on any atom is -0.349 e. The highest BCUT2D eigenvalue weighted by atomic mass is 32.2. The van der Waals surface area contributed by atoms with Crippen molar-refractivity contribution in [2.24, 2.45) is 0 Å². The number of para-hydroxylation sites is 1. The molecule has 8 nitrogen and oxygen atoms in total. The Morgan fingerprint density at radius 3 is 2.55 bits per heavy atom. The Labute approximate surface area is 172 Å². The second-order valence-corrected chi connectivity index (χ2v) is 9.77. The third-order valence-corrected chi connectivity index (χ3v) is 7.15. The number of hydrogen-bond acceptors (Lipinski definition) is 5. The minimum absolute atomic E-state index is 0.0167. The van der Waals surface area contributed by atoms with E-state index in [-0.39, 0.29) is 36.2 Å². The number of carbonyl (C=O) groups excluding carboxylic acids is 2. The Balaban J connectivity index is 1.61. The van der Waals surface area contributed by atoms with E-state index in [1.807, 2.05) is 4.90 Å². The zero-order valence-electron chi connectivity index (χ0n) is 16.8. The molecular formula is C20H30N4O4S. The lowest BCUT2D eigenvalue weighted by Gasteiger charge is -2.23. The number of benzene rings is 1. The molecule has 0 unspecified atom stereocenters. The Hall–Kier alpha value is -1.97. The fourth-order valence-electron chi connectivity index (χ4n) is 4.13. The standard InChI is InChI=1S/C20H30N4O4S/c1-21-29(27,28)14-16-9-6-12-24(16)13-19(25)23-18-11-5-4-10-17(18)20(26)22-15-7-2-3-8-15/h4-5,10-11,15-16,21H,2-3,6-9,12-14H2,1H3,(H,22,26)(H,23,25)/t16-/m1/s1. The summed E-state index contributed by atoms with van der Waals surface area (Å²) in [5, 5.41) is 5.88. The number of anilines is 1. The number of nitrogens with zero attached hydrogens (tertiary/aromatic N) is 1. The summed E-state index contributed by atoms with van der Waals surface area (Å²) in [6, 6.07) is 7.00. The van der Waals surface area contributed by atoms with E-state index in [0.29, 0.717) is 17.8 Å². The molecule has 2 fully saturated rings. The molecule has 0 radical (unpaired) electrons. The Bertz CT molecular complexity index is 837. The molecule has 2 amide bonds. The lowest BCUT2D eigenvalue weighted by molar-refractivity contribution is -0.117. The molecule has 1 aliphatic heterocycles. The van der Waals surface area contributed by atoms with Crippen molar-refractivity contribution in [3.8, 4) is 0 Å². The first-order chi connectivity index (χ1) is 13.9. The molecule has 1 heterocycles. The number of rotatable bonds is 8. The highest BCUT2D eigenvalue weighted by molar-refractivity contribution is 7.89. The number of likely N-dealkylation sites (tertiary alicyclic amines) is 1. The largest absolute Gasteiger partial charge is 0.349 e. The van der Waals surface area contributed by atoms with Crippen molar-refractivity contribution in [2.75, 3.05) is 31.2 Å². The van der Waals surface area contributed by atoms with Crippen LogP contribution >= 0.6 is 0 Å². The molecule has 3 rings (SSSR count). The van der Waals surface area contributed by atoms with E-state index in [2.05, 4.69) is 15.4 Å². The van der Waals surface area contributed by atoms with Crippen molar-refractivity contribution in [1.29, 1.82) is 0 Å². The van der Waals surface area contributed by atoms with Crippen molar-refractivity contribution in [2.45, 2.75) is 50.6 Å². The molecule has 0 aromatic heterocycles. The van der Waals surface area contributed by atoms with E-state index in [4.69, 9.17) is 0 Å². The summed E-state index contributed by atoms with van der Waals surface area (Å²) in [5.74, 6) is -0.441. The first kappa shape index (κ1) is 21.7. The molecule has 0 bridgehead atoms. The fourth-order valence-corrected chi connectivity index (χ4v) is 5.18. The van der Waals surface area contributed by atoms with E-state index in [9.17, 15) is 18.0 Å². The van der Waals surface area contributed by atoms with E-state index < -0.39 is 10.0 Å². The van der Waals surface area contributed by atoms with Gasteiger partial charge in [-0.3, -0.25) is 14.5 Å². The third-order valence-electron chi connectivity index (χ3n) is 5.70. The summed E-state index contributed by atoms with van der Waals surface area (Å²) in [6.45, 7) is 0.781. The zero-order chi connectivity index (χ0) is 20.9. The van der Waals surface area contributed by atoms with E-state index in [0.717, 1.165) is 38.5 Å². The van der Waals surface area contributed by atoms with Crippen molar-refractivity contribution < 1.29 is 18.0 Å². The van der Waals surface area contributed by atoms with Crippen LogP contribution in [0.25, 0.3) is 0 Å². The van der Waals surface area contributed by atoms with Crippen LogP contribution in [0, 0.1) is 0 Å². The van der Waals surface area contributed by atoms with Crippen LogP contribution in [0.4, 0.5) is 5.69 Å². The summed E-state index contributed by atoms with van der Waals surface area (Å²) >= 11 is 0. The number of carbonyl (C=O) groups is 2. The first-order valence-electron chi connectivity index (χ1n) is 10.2. The normalized spacial score (nSPS) is 20.7.